The van der Waals surface area contributed by atoms with Crippen LogP contribution in [0.4, 0.5) is 0 Å². The summed E-state index contributed by atoms with van der Waals surface area (Å²) in [7, 11) is 1.82. The van der Waals surface area contributed by atoms with Crippen molar-refractivity contribution in [3.05, 3.63) is 29.8 Å². The topological polar surface area (TPSA) is 77.5 Å². The molecule has 0 fully saturated rings. The third-order valence-corrected chi connectivity index (χ3v) is 7.83. The minimum atomic E-state index is -2.04. The van der Waals surface area contributed by atoms with Gasteiger partial charge in [0, 0.05) is 13.0 Å². The standard InChI is InChI=1S/C33H60NO6P/c1-5-7-8-9-10-11-12-13-14-15-16-17-18-19-23-30-24-20-21-25-32(30)37-28-31(40-33(35)22-6-2)29-39-41(36)38-27-26-34(3)4/h20-21,24-25,31,36H,5-19,22-23,26-29H2,1-4H3. The number of esters is 1. The molecule has 0 aliphatic heterocycles. The largest absolute Gasteiger partial charge is 0.489 e. The van der Waals surface area contributed by atoms with Gasteiger partial charge in [0.2, 0.25) is 0 Å². The lowest BCUT2D eigenvalue weighted by Gasteiger charge is -2.21. The Morgan fingerprint density at radius 3 is 1.98 bits per heavy atom. The number of hydrogen-bond acceptors (Lipinski definition) is 7. The van der Waals surface area contributed by atoms with E-state index in [0.29, 0.717) is 26.0 Å². The van der Waals surface area contributed by atoms with Crippen LogP contribution in [-0.2, 0) is 25.0 Å². The zero-order valence-corrected chi connectivity index (χ0v) is 27.5. The molecule has 1 rings (SSSR count). The number of carbonyl (C=O) groups excluding carboxylic acids is 1. The molecule has 2 atom stereocenters. The number of benzene rings is 1. The minimum Gasteiger partial charge on any atom is -0.489 e. The lowest BCUT2D eigenvalue weighted by Crippen LogP contribution is -2.29. The van der Waals surface area contributed by atoms with Crippen LogP contribution in [0, 0.1) is 0 Å². The minimum absolute atomic E-state index is 0.0146. The monoisotopic (exact) mass is 597 g/mol. The summed E-state index contributed by atoms with van der Waals surface area (Å²) in [6.07, 6.45) is 20.2. The third-order valence-electron chi connectivity index (χ3n) is 7.06. The van der Waals surface area contributed by atoms with Gasteiger partial charge < -0.3 is 28.3 Å². The average molecular weight is 598 g/mol. The van der Waals surface area contributed by atoms with Gasteiger partial charge >= 0.3 is 14.6 Å². The molecule has 2 unspecified atom stereocenters. The fraction of sp³-hybridized carbons (Fsp3) is 0.788. The first-order valence-electron chi connectivity index (χ1n) is 16.3. The second kappa shape index (κ2) is 26.4. The highest BCUT2D eigenvalue weighted by Crippen LogP contribution is 2.33. The Morgan fingerprint density at radius 2 is 1.39 bits per heavy atom. The zero-order valence-electron chi connectivity index (χ0n) is 26.6. The molecule has 8 heteroatoms. The van der Waals surface area contributed by atoms with Crippen LogP contribution in [0.5, 0.6) is 5.75 Å². The molecule has 0 spiro atoms. The summed E-state index contributed by atoms with van der Waals surface area (Å²) >= 11 is 0. The van der Waals surface area contributed by atoms with Crippen LogP contribution in [0.2, 0.25) is 0 Å². The van der Waals surface area contributed by atoms with Crippen molar-refractivity contribution >= 4 is 14.6 Å². The number of likely N-dealkylation sites (N-methyl/N-ethyl adjacent to an activating group) is 1. The Bertz CT molecular complexity index is 750. The molecule has 0 radical (unpaired) electrons. The highest BCUT2D eigenvalue weighted by atomic mass is 31.2. The first-order chi connectivity index (χ1) is 20.0. The number of carbonyl (C=O) groups is 1. The molecular weight excluding hydrogens is 537 g/mol. The van der Waals surface area contributed by atoms with Crippen LogP contribution in [-0.4, -0.2) is 62.3 Å². The van der Waals surface area contributed by atoms with E-state index in [0.717, 1.165) is 18.6 Å². The van der Waals surface area contributed by atoms with Crippen molar-refractivity contribution in [1.29, 1.82) is 0 Å². The summed E-state index contributed by atoms with van der Waals surface area (Å²) in [6.45, 7) is 5.42. The Labute approximate surface area is 252 Å². The van der Waals surface area contributed by atoms with Gasteiger partial charge in [-0.05, 0) is 45.0 Å². The van der Waals surface area contributed by atoms with Crippen LogP contribution < -0.4 is 4.74 Å². The molecule has 0 saturated heterocycles. The lowest BCUT2D eigenvalue weighted by molar-refractivity contribution is -0.152. The van der Waals surface area contributed by atoms with E-state index >= 15 is 0 Å². The molecule has 1 aromatic carbocycles. The molecule has 0 heterocycles. The Balaban J connectivity index is 2.33. The van der Waals surface area contributed by atoms with Crippen molar-refractivity contribution in [1.82, 2.24) is 4.90 Å². The molecule has 0 aromatic heterocycles. The smallest absolute Gasteiger partial charge is 0.330 e. The highest BCUT2D eigenvalue weighted by molar-refractivity contribution is 7.40. The zero-order chi connectivity index (χ0) is 30.0. The van der Waals surface area contributed by atoms with Crippen molar-refractivity contribution in [3.8, 4) is 5.75 Å². The molecule has 1 aromatic rings. The second-order valence-electron chi connectivity index (χ2n) is 11.3. The van der Waals surface area contributed by atoms with E-state index in [1.165, 1.54) is 89.0 Å². The van der Waals surface area contributed by atoms with E-state index in [4.69, 9.17) is 18.5 Å². The Morgan fingerprint density at radius 1 is 0.805 bits per heavy atom. The van der Waals surface area contributed by atoms with Gasteiger partial charge in [-0.15, -0.1) is 0 Å². The normalized spacial score (nSPS) is 12.9. The summed E-state index contributed by atoms with van der Waals surface area (Å²) in [5.74, 6) is 0.517. The van der Waals surface area contributed by atoms with Crippen LogP contribution in [0.15, 0.2) is 24.3 Å². The van der Waals surface area contributed by atoms with Gasteiger partial charge in [0.05, 0.1) is 13.2 Å². The molecule has 238 valence electrons. The van der Waals surface area contributed by atoms with E-state index in [-0.39, 0.29) is 19.2 Å². The van der Waals surface area contributed by atoms with E-state index < -0.39 is 14.7 Å². The molecular formula is C33H60NO6P. The third kappa shape index (κ3) is 22.0. The quantitative estimate of drug-likeness (QED) is 0.0589. The summed E-state index contributed by atoms with van der Waals surface area (Å²) in [5.41, 5.74) is 1.17. The maximum absolute atomic E-state index is 12.2. The second-order valence-corrected chi connectivity index (χ2v) is 12.3. The summed E-state index contributed by atoms with van der Waals surface area (Å²) in [4.78, 5) is 24.2. The molecule has 0 aliphatic carbocycles. The predicted molar refractivity (Wildman–Crippen MR) is 170 cm³/mol. The van der Waals surface area contributed by atoms with E-state index in [1.807, 2.05) is 44.1 Å². The highest BCUT2D eigenvalue weighted by Gasteiger charge is 2.19. The summed E-state index contributed by atoms with van der Waals surface area (Å²) in [6, 6.07) is 8.08. The Hall–Kier alpha value is -1.24. The summed E-state index contributed by atoms with van der Waals surface area (Å²) in [5, 5.41) is 0. The van der Waals surface area contributed by atoms with Gasteiger partial charge in [0.25, 0.3) is 0 Å². The fourth-order valence-electron chi connectivity index (χ4n) is 4.59. The predicted octanol–water partition coefficient (Wildman–Crippen LogP) is 8.62. The molecule has 7 nitrogen and oxygen atoms in total. The van der Waals surface area contributed by atoms with Crippen molar-refractivity contribution < 1.29 is 28.2 Å². The van der Waals surface area contributed by atoms with Gasteiger partial charge in [-0.1, -0.05) is 116 Å². The van der Waals surface area contributed by atoms with Crippen molar-refractivity contribution in [2.24, 2.45) is 0 Å². The van der Waals surface area contributed by atoms with Gasteiger partial charge in [0.1, 0.15) is 12.4 Å². The van der Waals surface area contributed by atoms with Crippen molar-refractivity contribution in [2.75, 3.05) is 40.5 Å². The first-order valence-corrected chi connectivity index (χ1v) is 17.4. The number of aryl methyl sites for hydroxylation is 1. The van der Waals surface area contributed by atoms with Gasteiger partial charge in [-0.2, -0.15) is 0 Å². The number of nitrogens with zero attached hydrogens (tertiary/aromatic N) is 1. The maximum Gasteiger partial charge on any atom is 0.330 e. The van der Waals surface area contributed by atoms with Gasteiger partial charge in [0.15, 0.2) is 6.10 Å². The maximum atomic E-state index is 12.2. The van der Waals surface area contributed by atoms with E-state index in [2.05, 4.69) is 13.0 Å². The van der Waals surface area contributed by atoms with Crippen molar-refractivity contribution in [2.45, 2.75) is 129 Å². The number of ether oxygens (including phenoxy) is 2. The van der Waals surface area contributed by atoms with Gasteiger partial charge in [-0.25, -0.2) is 0 Å². The van der Waals surface area contributed by atoms with E-state index in [9.17, 15) is 9.69 Å². The Kier molecular flexibility index (Phi) is 24.3. The number of rotatable bonds is 28. The SMILES string of the molecule is CCCCCCCCCCCCCCCCc1ccccc1OCC(COP(O)OCCN(C)C)OC(=O)CCC. The molecule has 0 saturated carbocycles. The average Bonchev–Trinajstić information content (AvgIpc) is 2.95. The van der Waals surface area contributed by atoms with Crippen LogP contribution >= 0.6 is 8.60 Å². The first kappa shape index (κ1) is 37.8. The van der Waals surface area contributed by atoms with Crippen LogP contribution in [0.1, 0.15) is 122 Å². The molecule has 1 N–H and O–H groups in total. The van der Waals surface area contributed by atoms with Crippen molar-refractivity contribution in [3.63, 3.8) is 0 Å². The fourth-order valence-corrected chi connectivity index (χ4v) is 5.20. The van der Waals surface area contributed by atoms with Gasteiger partial charge in [-0.3, -0.25) is 4.79 Å². The molecule has 0 aliphatic rings. The number of para-hydroxylation sites is 1. The summed E-state index contributed by atoms with van der Waals surface area (Å²) < 4.78 is 22.5. The number of hydrogen-bond donors (Lipinski definition) is 1. The number of unbranched alkanes of at least 4 members (excludes halogenated alkanes) is 13. The molecule has 0 amide bonds. The van der Waals surface area contributed by atoms with Crippen LogP contribution in [0.3, 0.4) is 0 Å². The van der Waals surface area contributed by atoms with Crippen LogP contribution in [0.25, 0.3) is 0 Å². The van der Waals surface area contributed by atoms with E-state index in [1.54, 1.807) is 0 Å². The molecule has 0 bridgehead atoms. The lowest BCUT2D eigenvalue weighted by atomic mass is 10.0. The molecule has 41 heavy (non-hydrogen) atoms.